The van der Waals surface area contributed by atoms with Gasteiger partial charge >= 0.3 is 0 Å². The second-order valence-electron chi connectivity index (χ2n) is 0.976. The van der Waals surface area contributed by atoms with Crippen molar-refractivity contribution in [3.63, 3.8) is 0 Å². The Morgan fingerprint density at radius 2 is 1.83 bits per heavy atom. The maximum Gasteiger partial charge on any atom is 0.0122 e. The molecule has 0 atom stereocenters. The number of aromatic nitrogens is 3. The van der Waals surface area contributed by atoms with E-state index in [1.165, 1.54) is 17.2 Å². The molecule has 0 bridgehead atoms. The van der Waals surface area contributed by atoms with Crippen LogP contribution in [0, 0.1) is 7.05 Å². The van der Waals surface area contributed by atoms with Gasteiger partial charge in [-0.25, -0.2) is 10.2 Å². The number of rotatable bonds is 0. The summed E-state index contributed by atoms with van der Waals surface area (Å²) in [6, 6.07) is 0. The van der Waals surface area contributed by atoms with E-state index in [2.05, 4.69) is 17.2 Å². The number of nitrogens with zero attached hydrogens (tertiary/aromatic N) is 3. The minimum Gasteiger partial charge on any atom is -0.461 e. The minimum absolute atomic E-state index is 1.53. The molecule has 0 spiro atoms. The fourth-order valence-corrected chi connectivity index (χ4v) is 0.222. The van der Waals surface area contributed by atoms with Crippen LogP contribution >= 0.6 is 0 Å². The molecule has 0 unspecified atom stereocenters. The lowest BCUT2D eigenvalue weighted by molar-refractivity contribution is 1.06. The molecule has 0 aromatic carbocycles. The van der Waals surface area contributed by atoms with E-state index >= 15 is 0 Å². The van der Waals surface area contributed by atoms with Crippen LogP contribution in [0.1, 0.15) is 0 Å². The van der Waals surface area contributed by atoms with Crippen LogP contribution in [0.5, 0.6) is 0 Å². The first-order valence-electron chi connectivity index (χ1n) is 1.55. The lowest BCUT2D eigenvalue weighted by Gasteiger charge is -1.87. The van der Waals surface area contributed by atoms with E-state index in [9.17, 15) is 0 Å². The van der Waals surface area contributed by atoms with Crippen molar-refractivity contribution in [3.05, 3.63) is 19.7 Å². The van der Waals surface area contributed by atoms with Gasteiger partial charge in [-0.3, -0.25) is 0 Å². The third-order valence-electron chi connectivity index (χ3n) is 0.467. The molecular formula is C3H4N3-. The summed E-state index contributed by atoms with van der Waals surface area (Å²) in [5.74, 6) is 0. The average Bonchev–Trinajstić information content (AvgIpc) is 1.86. The van der Waals surface area contributed by atoms with Gasteiger partial charge in [0, 0.05) is 12.7 Å². The zero-order valence-corrected chi connectivity index (χ0v) is 3.20. The summed E-state index contributed by atoms with van der Waals surface area (Å²) in [4.78, 5) is 0. The van der Waals surface area contributed by atoms with E-state index in [0.717, 1.165) is 0 Å². The Morgan fingerprint density at radius 1 is 1.33 bits per heavy atom. The van der Waals surface area contributed by atoms with Crippen LogP contribution < -0.4 is 0 Å². The molecule has 0 saturated carbocycles. The molecular weight excluding hydrogens is 78.1 g/mol. The van der Waals surface area contributed by atoms with Gasteiger partial charge in [-0.05, 0) is 0 Å². The molecule has 1 heterocycles. The molecule has 1 rings (SSSR count). The minimum atomic E-state index is 1.53. The predicted molar refractivity (Wildman–Crippen MR) is 20.8 cm³/mol. The van der Waals surface area contributed by atoms with Crippen LogP contribution in [0.2, 0.25) is 0 Å². The third-order valence-corrected chi connectivity index (χ3v) is 0.467. The van der Waals surface area contributed by atoms with Crippen molar-refractivity contribution in [3.8, 4) is 0 Å². The molecule has 3 nitrogen and oxygen atoms in total. The third kappa shape index (κ3) is 0.337. The first-order chi connectivity index (χ1) is 2.89. The van der Waals surface area contributed by atoms with E-state index in [-0.39, 0.29) is 0 Å². The van der Waals surface area contributed by atoms with Crippen LogP contribution in [-0.2, 0) is 0 Å². The molecule has 1 aromatic heterocycles. The summed E-state index contributed by atoms with van der Waals surface area (Å²) in [6.45, 7) is 0. The number of hydrogen-bond acceptors (Lipinski definition) is 2. The molecule has 0 fully saturated rings. The van der Waals surface area contributed by atoms with E-state index in [1.54, 1.807) is 0 Å². The van der Waals surface area contributed by atoms with Crippen LogP contribution in [-0.4, -0.2) is 14.8 Å². The monoisotopic (exact) mass is 82.0 g/mol. The highest BCUT2D eigenvalue weighted by molar-refractivity contribution is 4.59. The van der Waals surface area contributed by atoms with Crippen LogP contribution in [0.3, 0.4) is 0 Å². The van der Waals surface area contributed by atoms with Gasteiger partial charge in [-0.1, -0.05) is 0 Å². The Balaban J connectivity index is 3.05. The topological polar surface area (TPSA) is 30.7 Å². The Morgan fingerprint density at radius 3 is 2.00 bits per heavy atom. The highest BCUT2D eigenvalue weighted by atomic mass is 15.2. The molecule has 0 aliphatic carbocycles. The Hall–Kier alpha value is -0.990. The first kappa shape index (κ1) is 3.21. The van der Waals surface area contributed by atoms with Crippen molar-refractivity contribution in [2.24, 2.45) is 0 Å². The van der Waals surface area contributed by atoms with Gasteiger partial charge in [0.25, 0.3) is 0 Å². The maximum atomic E-state index is 3.47. The lowest BCUT2D eigenvalue weighted by Crippen LogP contribution is -1.72. The van der Waals surface area contributed by atoms with E-state index in [1.807, 2.05) is 0 Å². The standard InChI is InChI=1S/C3H4N3/c1-6-2-4-5-3-6/h2-3H,1H2/q-1. The largest absolute Gasteiger partial charge is 0.461 e. The quantitative estimate of drug-likeness (QED) is 0.410. The van der Waals surface area contributed by atoms with Gasteiger partial charge in [-0.2, -0.15) is 0 Å². The zero-order valence-electron chi connectivity index (χ0n) is 3.20. The van der Waals surface area contributed by atoms with Gasteiger partial charge < -0.3 is 4.57 Å². The zero-order chi connectivity index (χ0) is 4.41. The van der Waals surface area contributed by atoms with E-state index < -0.39 is 0 Å². The van der Waals surface area contributed by atoms with Crippen LogP contribution in [0.25, 0.3) is 0 Å². The van der Waals surface area contributed by atoms with Crippen molar-refractivity contribution in [1.82, 2.24) is 14.8 Å². The molecule has 0 radical (unpaired) electrons. The van der Waals surface area contributed by atoms with Crippen molar-refractivity contribution < 1.29 is 0 Å². The summed E-state index contributed by atoms with van der Waals surface area (Å²) in [5, 5.41) is 6.94. The SMILES string of the molecule is [CH2-]n1cnnc1. The first-order valence-corrected chi connectivity index (χ1v) is 1.55. The van der Waals surface area contributed by atoms with Crippen molar-refractivity contribution >= 4 is 0 Å². The van der Waals surface area contributed by atoms with Gasteiger partial charge in [-0.15, -0.1) is 7.05 Å². The average molecular weight is 82.1 g/mol. The summed E-state index contributed by atoms with van der Waals surface area (Å²) in [6.07, 6.45) is 3.06. The number of hydrogen-bond donors (Lipinski definition) is 0. The van der Waals surface area contributed by atoms with Crippen molar-refractivity contribution in [2.75, 3.05) is 0 Å². The molecule has 32 valence electrons. The van der Waals surface area contributed by atoms with Gasteiger partial charge in [0.05, 0.1) is 0 Å². The predicted octanol–water partition coefficient (Wildman–Crippen LogP) is -0.0822. The lowest BCUT2D eigenvalue weighted by atomic mass is 11.1. The molecule has 0 aliphatic heterocycles. The molecule has 1 aromatic rings. The molecule has 6 heavy (non-hydrogen) atoms. The van der Waals surface area contributed by atoms with Gasteiger partial charge in [0.2, 0.25) is 0 Å². The Bertz CT molecular complexity index is 110. The van der Waals surface area contributed by atoms with Crippen molar-refractivity contribution in [1.29, 1.82) is 0 Å². The van der Waals surface area contributed by atoms with Crippen LogP contribution in [0.15, 0.2) is 12.7 Å². The fourth-order valence-electron chi connectivity index (χ4n) is 0.222. The summed E-state index contributed by atoms with van der Waals surface area (Å²) < 4.78 is 1.53. The Labute approximate surface area is 35.6 Å². The maximum absolute atomic E-state index is 3.47. The summed E-state index contributed by atoms with van der Waals surface area (Å²) in [7, 11) is 3.47. The Kier molecular flexibility index (Phi) is 0.538. The van der Waals surface area contributed by atoms with Gasteiger partial charge in [0.15, 0.2) is 0 Å². The summed E-state index contributed by atoms with van der Waals surface area (Å²) >= 11 is 0. The normalized spacial score (nSPS) is 8.67. The summed E-state index contributed by atoms with van der Waals surface area (Å²) in [5.41, 5.74) is 0. The molecule has 0 saturated heterocycles. The van der Waals surface area contributed by atoms with Crippen LogP contribution in [0.4, 0.5) is 0 Å². The second-order valence-corrected chi connectivity index (χ2v) is 0.976. The highest BCUT2D eigenvalue weighted by Crippen LogP contribution is 1.69. The van der Waals surface area contributed by atoms with E-state index in [4.69, 9.17) is 0 Å². The van der Waals surface area contributed by atoms with Gasteiger partial charge in [0.1, 0.15) is 0 Å². The molecule has 0 N–H and O–H groups in total. The molecule has 0 amide bonds. The highest BCUT2D eigenvalue weighted by Gasteiger charge is 1.59. The van der Waals surface area contributed by atoms with Crippen molar-refractivity contribution in [2.45, 2.75) is 0 Å². The van der Waals surface area contributed by atoms with E-state index in [0.29, 0.717) is 0 Å². The molecule has 0 aliphatic rings. The fraction of sp³-hybridized carbons (Fsp3) is 0. The second kappa shape index (κ2) is 1.01. The smallest absolute Gasteiger partial charge is 0.0122 e. The molecule has 3 heteroatoms.